The SMILES string of the molecule is C#C[C@@]1(CCCC)CCCC[C@H]1O. The molecule has 0 amide bonds. The number of aliphatic hydroxyl groups excluding tert-OH is 1. The van der Waals surface area contributed by atoms with Crippen LogP contribution in [0.15, 0.2) is 0 Å². The van der Waals surface area contributed by atoms with Crippen LogP contribution in [-0.4, -0.2) is 11.2 Å². The summed E-state index contributed by atoms with van der Waals surface area (Å²) in [6.07, 6.45) is 12.8. The Kier molecular flexibility index (Phi) is 3.81. The summed E-state index contributed by atoms with van der Waals surface area (Å²) in [5.41, 5.74) is -0.186. The largest absolute Gasteiger partial charge is 0.392 e. The molecule has 1 heteroatoms. The van der Waals surface area contributed by atoms with Crippen LogP contribution in [0.4, 0.5) is 0 Å². The van der Waals surface area contributed by atoms with Gasteiger partial charge in [-0.3, -0.25) is 0 Å². The predicted octanol–water partition coefficient (Wildman–Crippen LogP) is 2.73. The maximum Gasteiger partial charge on any atom is 0.0705 e. The molecule has 0 aliphatic heterocycles. The first-order chi connectivity index (χ1) is 6.25. The summed E-state index contributed by atoms with van der Waals surface area (Å²) in [4.78, 5) is 0. The van der Waals surface area contributed by atoms with Gasteiger partial charge >= 0.3 is 0 Å². The lowest BCUT2D eigenvalue weighted by Gasteiger charge is -2.37. The first-order valence-electron chi connectivity index (χ1n) is 5.41. The number of unbranched alkanes of at least 4 members (excludes halogenated alkanes) is 1. The number of hydrogen-bond acceptors (Lipinski definition) is 1. The average molecular weight is 180 g/mol. The van der Waals surface area contributed by atoms with E-state index in [4.69, 9.17) is 6.42 Å². The lowest BCUT2D eigenvalue weighted by molar-refractivity contribution is 0.0207. The minimum Gasteiger partial charge on any atom is -0.392 e. The van der Waals surface area contributed by atoms with Crippen LogP contribution in [0.5, 0.6) is 0 Å². The molecule has 0 radical (unpaired) electrons. The third-order valence-electron chi connectivity index (χ3n) is 3.25. The van der Waals surface area contributed by atoms with E-state index in [1.807, 2.05) is 0 Å². The maximum atomic E-state index is 9.90. The molecule has 0 aromatic heterocycles. The molecular weight excluding hydrogens is 160 g/mol. The molecule has 0 aromatic rings. The van der Waals surface area contributed by atoms with Gasteiger partial charge in [0.2, 0.25) is 0 Å². The number of hydrogen-bond donors (Lipinski definition) is 1. The van der Waals surface area contributed by atoms with E-state index in [0.717, 1.165) is 38.5 Å². The minimum absolute atomic E-state index is 0.186. The van der Waals surface area contributed by atoms with E-state index in [1.165, 1.54) is 6.42 Å². The van der Waals surface area contributed by atoms with Gasteiger partial charge in [0.15, 0.2) is 0 Å². The zero-order valence-corrected chi connectivity index (χ0v) is 8.55. The van der Waals surface area contributed by atoms with Gasteiger partial charge in [-0.05, 0) is 19.3 Å². The van der Waals surface area contributed by atoms with Gasteiger partial charge in [-0.15, -0.1) is 6.42 Å². The fraction of sp³-hybridized carbons (Fsp3) is 0.833. The van der Waals surface area contributed by atoms with E-state index in [-0.39, 0.29) is 11.5 Å². The van der Waals surface area contributed by atoms with Gasteiger partial charge in [0.25, 0.3) is 0 Å². The van der Waals surface area contributed by atoms with Crippen molar-refractivity contribution >= 4 is 0 Å². The Labute approximate surface area is 81.5 Å². The Bertz CT molecular complexity index is 192. The Balaban J connectivity index is 2.60. The first kappa shape index (κ1) is 10.6. The van der Waals surface area contributed by atoms with Crippen molar-refractivity contribution in [1.29, 1.82) is 0 Å². The highest BCUT2D eigenvalue weighted by Gasteiger charge is 2.37. The number of terminal acetylenes is 1. The van der Waals surface area contributed by atoms with E-state index in [9.17, 15) is 5.11 Å². The second-order valence-corrected chi connectivity index (χ2v) is 4.17. The normalized spacial score (nSPS) is 34.1. The van der Waals surface area contributed by atoms with Crippen molar-refractivity contribution in [3.8, 4) is 12.3 Å². The van der Waals surface area contributed by atoms with Gasteiger partial charge in [0.1, 0.15) is 0 Å². The second-order valence-electron chi connectivity index (χ2n) is 4.17. The molecular formula is C12H20O. The molecule has 74 valence electrons. The number of aliphatic hydroxyl groups is 1. The molecule has 1 rings (SSSR count). The van der Waals surface area contributed by atoms with E-state index >= 15 is 0 Å². The third kappa shape index (κ3) is 2.25. The van der Waals surface area contributed by atoms with Crippen LogP contribution in [0, 0.1) is 17.8 Å². The maximum absolute atomic E-state index is 9.90. The van der Waals surface area contributed by atoms with Gasteiger partial charge in [0, 0.05) is 0 Å². The highest BCUT2D eigenvalue weighted by atomic mass is 16.3. The van der Waals surface area contributed by atoms with Gasteiger partial charge in [-0.25, -0.2) is 0 Å². The molecule has 1 N–H and O–H groups in total. The van der Waals surface area contributed by atoms with E-state index in [1.54, 1.807) is 0 Å². The molecule has 0 heterocycles. The Hall–Kier alpha value is -0.480. The summed E-state index contributed by atoms with van der Waals surface area (Å²) in [6, 6.07) is 0. The summed E-state index contributed by atoms with van der Waals surface area (Å²) >= 11 is 0. The molecule has 0 unspecified atom stereocenters. The number of rotatable bonds is 3. The van der Waals surface area contributed by atoms with Crippen molar-refractivity contribution < 1.29 is 5.11 Å². The molecule has 0 aromatic carbocycles. The quantitative estimate of drug-likeness (QED) is 0.662. The van der Waals surface area contributed by atoms with Gasteiger partial charge < -0.3 is 5.11 Å². The second kappa shape index (κ2) is 4.67. The van der Waals surface area contributed by atoms with Crippen LogP contribution >= 0.6 is 0 Å². The van der Waals surface area contributed by atoms with Crippen molar-refractivity contribution in [3.05, 3.63) is 0 Å². The van der Waals surface area contributed by atoms with Crippen molar-refractivity contribution in [3.63, 3.8) is 0 Å². The molecule has 0 bridgehead atoms. The molecule has 0 saturated heterocycles. The predicted molar refractivity (Wildman–Crippen MR) is 55.3 cm³/mol. The van der Waals surface area contributed by atoms with Crippen molar-refractivity contribution in [2.24, 2.45) is 5.41 Å². The summed E-state index contributed by atoms with van der Waals surface area (Å²) in [7, 11) is 0. The minimum atomic E-state index is -0.252. The lowest BCUT2D eigenvalue weighted by Crippen LogP contribution is -2.36. The van der Waals surface area contributed by atoms with Gasteiger partial charge in [0.05, 0.1) is 11.5 Å². The third-order valence-corrected chi connectivity index (χ3v) is 3.25. The van der Waals surface area contributed by atoms with Crippen LogP contribution in [-0.2, 0) is 0 Å². The summed E-state index contributed by atoms with van der Waals surface area (Å²) in [6.45, 7) is 2.17. The average Bonchev–Trinajstić information content (AvgIpc) is 2.17. The molecule has 1 nitrogen and oxygen atoms in total. The molecule has 0 spiro atoms. The first-order valence-corrected chi connectivity index (χ1v) is 5.41. The Morgan fingerprint density at radius 2 is 2.31 bits per heavy atom. The van der Waals surface area contributed by atoms with Crippen molar-refractivity contribution in [2.45, 2.75) is 58.0 Å². The highest BCUT2D eigenvalue weighted by molar-refractivity contribution is 5.10. The van der Waals surface area contributed by atoms with Gasteiger partial charge in [-0.2, -0.15) is 0 Å². The van der Waals surface area contributed by atoms with E-state index in [2.05, 4.69) is 12.8 Å². The molecule has 13 heavy (non-hydrogen) atoms. The fourth-order valence-corrected chi connectivity index (χ4v) is 2.25. The standard InChI is InChI=1S/C12H20O/c1-3-5-9-12(4-2)10-7-6-8-11(12)13/h2,11,13H,3,5-10H2,1H3/t11-,12-/m1/s1. The van der Waals surface area contributed by atoms with Crippen molar-refractivity contribution in [1.82, 2.24) is 0 Å². The molecule has 1 aliphatic rings. The zero-order chi connectivity index (χ0) is 9.73. The molecule has 1 saturated carbocycles. The highest BCUT2D eigenvalue weighted by Crippen LogP contribution is 2.40. The van der Waals surface area contributed by atoms with Gasteiger partial charge in [-0.1, -0.05) is 38.5 Å². The van der Waals surface area contributed by atoms with Crippen LogP contribution in [0.25, 0.3) is 0 Å². The smallest absolute Gasteiger partial charge is 0.0705 e. The van der Waals surface area contributed by atoms with Crippen molar-refractivity contribution in [2.75, 3.05) is 0 Å². The zero-order valence-electron chi connectivity index (χ0n) is 8.55. The lowest BCUT2D eigenvalue weighted by atomic mass is 9.69. The summed E-state index contributed by atoms with van der Waals surface area (Å²) < 4.78 is 0. The molecule has 1 fully saturated rings. The Morgan fingerprint density at radius 1 is 1.54 bits per heavy atom. The fourth-order valence-electron chi connectivity index (χ4n) is 2.25. The molecule has 1 aliphatic carbocycles. The Morgan fingerprint density at radius 3 is 2.85 bits per heavy atom. The molecule has 2 atom stereocenters. The van der Waals surface area contributed by atoms with Crippen LogP contribution in [0.2, 0.25) is 0 Å². The summed E-state index contributed by atoms with van der Waals surface area (Å²) in [5.74, 6) is 2.85. The van der Waals surface area contributed by atoms with Crippen LogP contribution in [0.1, 0.15) is 51.9 Å². The topological polar surface area (TPSA) is 20.2 Å². The monoisotopic (exact) mass is 180 g/mol. The van der Waals surface area contributed by atoms with Crippen LogP contribution in [0.3, 0.4) is 0 Å². The van der Waals surface area contributed by atoms with E-state index < -0.39 is 0 Å². The van der Waals surface area contributed by atoms with Crippen LogP contribution < -0.4 is 0 Å². The van der Waals surface area contributed by atoms with E-state index in [0.29, 0.717) is 0 Å². The summed E-state index contributed by atoms with van der Waals surface area (Å²) in [5, 5.41) is 9.90.